The number of carbonyl (C=O) groups is 1. The molecule has 0 radical (unpaired) electrons. The molecule has 1 aliphatic carbocycles. The SMILES string of the molecule is C/C=C1/CN2[C@@H]3C[C@]45c6ccccc6N(C)[C@@H]4[C@H]2C[C@H]1C3[C@@H]5OC(=O)c1cc(OC)c(OC)c(OC)c1. The van der Waals surface area contributed by atoms with Crippen LogP contribution in [0.5, 0.6) is 17.2 Å². The molecular formula is C30H34N2O5. The second kappa shape index (κ2) is 7.90. The fourth-order valence-electron chi connectivity index (χ4n) is 8.89. The molecule has 194 valence electrons. The van der Waals surface area contributed by atoms with Gasteiger partial charge in [-0.2, -0.15) is 0 Å². The molecule has 0 aromatic heterocycles. The zero-order valence-corrected chi connectivity index (χ0v) is 22.1. The van der Waals surface area contributed by atoms with Gasteiger partial charge in [-0.3, -0.25) is 4.90 Å². The van der Waals surface area contributed by atoms with E-state index in [1.54, 1.807) is 33.5 Å². The van der Waals surface area contributed by atoms with Gasteiger partial charge in [-0.05, 0) is 49.4 Å². The number of para-hydroxylation sites is 1. The number of carbonyl (C=O) groups excluding carboxylic acids is 1. The summed E-state index contributed by atoms with van der Waals surface area (Å²) in [5.41, 5.74) is 4.31. The van der Waals surface area contributed by atoms with Crippen molar-refractivity contribution < 1.29 is 23.7 Å². The Bertz CT molecular complexity index is 1300. The van der Waals surface area contributed by atoms with Crippen molar-refractivity contribution in [2.75, 3.05) is 39.8 Å². The number of likely N-dealkylation sites (N-methyl/N-ethyl adjacent to an activating group) is 1. The summed E-state index contributed by atoms with van der Waals surface area (Å²) in [6.07, 6.45) is 4.24. The molecule has 1 saturated carbocycles. The Hall–Kier alpha value is -3.19. The van der Waals surface area contributed by atoms with E-state index in [0.717, 1.165) is 19.4 Å². The number of hydrogen-bond acceptors (Lipinski definition) is 7. The van der Waals surface area contributed by atoms with Crippen LogP contribution in [0.25, 0.3) is 0 Å². The zero-order valence-electron chi connectivity index (χ0n) is 22.1. The van der Waals surface area contributed by atoms with Gasteiger partial charge in [-0.1, -0.05) is 29.8 Å². The van der Waals surface area contributed by atoms with Crippen LogP contribution in [0.2, 0.25) is 0 Å². The molecule has 37 heavy (non-hydrogen) atoms. The highest BCUT2D eigenvalue weighted by molar-refractivity contribution is 5.91. The number of ether oxygens (including phenoxy) is 4. The van der Waals surface area contributed by atoms with Crippen LogP contribution >= 0.6 is 0 Å². The molecule has 4 saturated heterocycles. The van der Waals surface area contributed by atoms with E-state index in [2.05, 4.69) is 54.1 Å². The predicted octanol–water partition coefficient (Wildman–Crippen LogP) is 4.05. The second-order valence-corrected chi connectivity index (χ2v) is 11.1. The molecule has 8 atom stereocenters. The van der Waals surface area contributed by atoms with E-state index in [9.17, 15) is 4.79 Å². The first-order valence-corrected chi connectivity index (χ1v) is 13.2. The molecule has 1 spiro atoms. The number of fused-ring (bicyclic) bond motifs is 2. The Labute approximate surface area is 217 Å². The molecule has 8 rings (SSSR count). The van der Waals surface area contributed by atoms with Crippen molar-refractivity contribution >= 4 is 11.7 Å². The average Bonchev–Trinajstić information content (AvgIpc) is 3.34. The number of methoxy groups -OCH3 is 3. The largest absolute Gasteiger partial charge is 0.493 e. The smallest absolute Gasteiger partial charge is 0.338 e. The van der Waals surface area contributed by atoms with Gasteiger partial charge in [0.25, 0.3) is 0 Å². The Morgan fingerprint density at radius 3 is 2.46 bits per heavy atom. The van der Waals surface area contributed by atoms with Crippen LogP contribution in [0.4, 0.5) is 5.69 Å². The molecule has 5 heterocycles. The summed E-state index contributed by atoms with van der Waals surface area (Å²) in [7, 11) is 6.91. The maximum absolute atomic E-state index is 13.9. The third-order valence-corrected chi connectivity index (χ3v) is 10.1. The number of hydrogen-bond donors (Lipinski definition) is 0. The van der Waals surface area contributed by atoms with Crippen LogP contribution in [0.1, 0.15) is 35.7 Å². The highest BCUT2D eigenvalue weighted by Gasteiger charge is 2.75. The highest BCUT2D eigenvalue weighted by atomic mass is 16.5. The summed E-state index contributed by atoms with van der Waals surface area (Å²) in [6, 6.07) is 13.3. The molecule has 7 nitrogen and oxygen atoms in total. The topological polar surface area (TPSA) is 60.5 Å². The van der Waals surface area contributed by atoms with Crippen molar-refractivity contribution in [2.24, 2.45) is 11.8 Å². The number of piperidine rings is 4. The number of benzene rings is 2. The van der Waals surface area contributed by atoms with Gasteiger partial charge < -0.3 is 23.8 Å². The maximum Gasteiger partial charge on any atom is 0.338 e. The first-order chi connectivity index (χ1) is 18.0. The van der Waals surface area contributed by atoms with Crippen LogP contribution < -0.4 is 19.1 Å². The first-order valence-electron chi connectivity index (χ1n) is 13.2. The van der Waals surface area contributed by atoms with Gasteiger partial charge in [-0.15, -0.1) is 0 Å². The molecule has 2 aromatic rings. The van der Waals surface area contributed by atoms with Crippen LogP contribution in [0.3, 0.4) is 0 Å². The van der Waals surface area contributed by atoms with Crippen molar-refractivity contribution in [3.63, 3.8) is 0 Å². The normalized spacial score (nSPS) is 36.9. The number of rotatable bonds is 5. The quantitative estimate of drug-likeness (QED) is 0.452. The van der Waals surface area contributed by atoms with E-state index in [-0.39, 0.29) is 29.4 Å². The summed E-state index contributed by atoms with van der Waals surface area (Å²) in [5.74, 6) is 1.75. The second-order valence-electron chi connectivity index (χ2n) is 11.1. The van der Waals surface area contributed by atoms with Gasteiger partial charge in [0.1, 0.15) is 6.10 Å². The monoisotopic (exact) mass is 502 g/mol. The van der Waals surface area contributed by atoms with Crippen molar-refractivity contribution in [2.45, 2.75) is 49.4 Å². The van der Waals surface area contributed by atoms with Gasteiger partial charge in [0.05, 0.1) is 38.3 Å². The molecular weight excluding hydrogens is 468 g/mol. The molecule has 6 bridgehead atoms. The molecule has 2 aromatic carbocycles. The zero-order chi connectivity index (χ0) is 25.6. The minimum atomic E-state index is -0.340. The minimum Gasteiger partial charge on any atom is -0.493 e. The van der Waals surface area contributed by atoms with Crippen LogP contribution in [0, 0.1) is 11.8 Å². The summed E-state index contributed by atoms with van der Waals surface area (Å²) in [4.78, 5) is 19.1. The summed E-state index contributed by atoms with van der Waals surface area (Å²) >= 11 is 0. The molecule has 0 N–H and O–H groups in total. The Kier molecular flexibility index (Phi) is 4.91. The van der Waals surface area contributed by atoms with Gasteiger partial charge in [0, 0.05) is 37.3 Å². The molecule has 0 amide bonds. The lowest BCUT2D eigenvalue weighted by Gasteiger charge is -2.58. The van der Waals surface area contributed by atoms with Crippen LogP contribution in [0.15, 0.2) is 48.0 Å². The van der Waals surface area contributed by atoms with E-state index in [1.165, 1.54) is 16.8 Å². The number of esters is 1. The van der Waals surface area contributed by atoms with Gasteiger partial charge in [0.2, 0.25) is 5.75 Å². The molecule has 2 unspecified atom stereocenters. The van der Waals surface area contributed by atoms with Gasteiger partial charge in [0.15, 0.2) is 11.5 Å². The Morgan fingerprint density at radius 1 is 1.05 bits per heavy atom. The van der Waals surface area contributed by atoms with E-state index in [1.807, 2.05) is 0 Å². The maximum atomic E-state index is 13.9. The van der Waals surface area contributed by atoms with Crippen molar-refractivity contribution in [1.29, 1.82) is 0 Å². The molecule has 7 heteroatoms. The summed E-state index contributed by atoms with van der Waals surface area (Å²) in [6.45, 7) is 3.19. The first kappa shape index (κ1) is 23.0. The number of anilines is 1. The van der Waals surface area contributed by atoms with Gasteiger partial charge >= 0.3 is 5.97 Å². The van der Waals surface area contributed by atoms with Crippen molar-refractivity contribution in [1.82, 2.24) is 4.90 Å². The number of allylic oxidation sites excluding steroid dienone is 1. The fraction of sp³-hybridized carbons (Fsp3) is 0.500. The lowest BCUT2D eigenvalue weighted by atomic mass is 9.65. The van der Waals surface area contributed by atoms with E-state index >= 15 is 0 Å². The lowest BCUT2D eigenvalue weighted by Crippen LogP contribution is -2.68. The molecule has 5 aliphatic heterocycles. The van der Waals surface area contributed by atoms with E-state index < -0.39 is 0 Å². The molecule has 5 fully saturated rings. The Morgan fingerprint density at radius 2 is 1.78 bits per heavy atom. The molecule has 6 aliphatic rings. The van der Waals surface area contributed by atoms with Crippen LogP contribution in [-0.2, 0) is 10.2 Å². The standard InChI is InChI=1S/C30H34N2O5/c1-6-16-15-32-21-13-18(16)25-22(32)14-30(19-9-7-8-10-20(19)31(2)27(21)30)28(25)37-29(33)17-11-23(34-3)26(36-5)24(12-17)35-4/h6-12,18,21-22,25,27-28H,13-15H2,1-5H3/b16-6-/t18-,21-,22-,25?,27-,28+,30+/m1/s1. The van der Waals surface area contributed by atoms with Crippen molar-refractivity contribution in [3.8, 4) is 17.2 Å². The fourth-order valence-corrected chi connectivity index (χ4v) is 8.89. The highest BCUT2D eigenvalue weighted by Crippen LogP contribution is 2.68. The van der Waals surface area contributed by atoms with E-state index in [0.29, 0.717) is 40.8 Å². The minimum absolute atomic E-state index is 0.212. The van der Waals surface area contributed by atoms with Crippen molar-refractivity contribution in [3.05, 3.63) is 59.2 Å². The lowest BCUT2D eigenvalue weighted by molar-refractivity contribution is -0.0390. The summed E-state index contributed by atoms with van der Waals surface area (Å²) in [5, 5.41) is 0. The van der Waals surface area contributed by atoms with Gasteiger partial charge in [-0.25, -0.2) is 4.79 Å². The third kappa shape index (κ3) is 2.73. The van der Waals surface area contributed by atoms with E-state index in [4.69, 9.17) is 18.9 Å². The van der Waals surface area contributed by atoms with Crippen LogP contribution in [-0.4, -0.2) is 70.0 Å². The third-order valence-electron chi connectivity index (χ3n) is 10.1. The Balaban J connectivity index is 1.35. The number of nitrogens with zero attached hydrogens (tertiary/aromatic N) is 2. The average molecular weight is 503 g/mol. The summed E-state index contributed by atoms with van der Waals surface area (Å²) < 4.78 is 23.2. The predicted molar refractivity (Wildman–Crippen MR) is 140 cm³/mol.